The molecule has 2 amide bonds. The number of rotatable bonds is 6. The van der Waals surface area contributed by atoms with E-state index in [0.29, 0.717) is 18.7 Å². The summed E-state index contributed by atoms with van der Waals surface area (Å²) in [5.74, 6) is 0.0598. The summed E-state index contributed by atoms with van der Waals surface area (Å²) in [6, 6.07) is 5.92. The van der Waals surface area contributed by atoms with Crippen LogP contribution in [0.4, 0.5) is 0 Å². The number of aromatic nitrogens is 2. The van der Waals surface area contributed by atoms with Gasteiger partial charge in [-0.15, -0.1) is 0 Å². The van der Waals surface area contributed by atoms with Gasteiger partial charge in [-0.3, -0.25) is 24.0 Å². The molecule has 1 N–H and O–H groups in total. The largest absolute Gasteiger partial charge is 0.329 e. The first-order valence-electron chi connectivity index (χ1n) is 7.80. The maximum absolute atomic E-state index is 12.6. The minimum absolute atomic E-state index is 0.0933. The minimum atomic E-state index is -0.331. The van der Waals surface area contributed by atoms with Crippen LogP contribution in [-0.4, -0.2) is 21.5 Å². The lowest BCUT2D eigenvalue weighted by Gasteiger charge is -2.13. The molecule has 23 heavy (non-hydrogen) atoms. The van der Waals surface area contributed by atoms with Gasteiger partial charge in [-0.2, -0.15) is 0 Å². The second kappa shape index (κ2) is 6.81. The summed E-state index contributed by atoms with van der Waals surface area (Å²) < 4.78 is 3.36. The lowest BCUT2D eigenvalue weighted by Crippen LogP contribution is -2.26. The standard InChI is InChI=1S/C17H23N3O3/c1-11(2)13-6-7-14-15(9-13)19(4)17(23)20(14)12(3)5-8-16(22)18-10-21/h6-7,9-12H,5,8H2,1-4H3,(H,18,21,22). The molecule has 0 saturated heterocycles. The predicted octanol–water partition coefficient (Wildman–Crippen LogP) is 2.08. The number of hydrogen-bond acceptors (Lipinski definition) is 3. The van der Waals surface area contributed by atoms with Gasteiger partial charge in [0.1, 0.15) is 0 Å². The molecule has 6 nitrogen and oxygen atoms in total. The van der Waals surface area contributed by atoms with Gasteiger partial charge in [0.05, 0.1) is 11.0 Å². The second-order valence-electron chi connectivity index (χ2n) is 6.19. The molecular formula is C17H23N3O3. The Labute approximate surface area is 135 Å². The molecule has 6 heteroatoms. The molecule has 2 rings (SSSR count). The third-order valence-electron chi connectivity index (χ3n) is 4.23. The van der Waals surface area contributed by atoms with Crippen molar-refractivity contribution in [2.24, 2.45) is 7.05 Å². The molecule has 0 aliphatic carbocycles. The van der Waals surface area contributed by atoms with Crippen LogP contribution >= 0.6 is 0 Å². The first-order valence-corrected chi connectivity index (χ1v) is 7.80. The van der Waals surface area contributed by atoms with E-state index in [1.54, 1.807) is 16.2 Å². The zero-order chi connectivity index (χ0) is 17.1. The Bertz CT molecular complexity index is 786. The van der Waals surface area contributed by atoms with Crippen LogP contribution in [0, 0.1) is 0 Å². The number of benzene rings is 1. The minimum Gasteiger partial charge on any atom is -0.299 e. The SMILES string of the molecule is CC(C)c1ccc2c(c1)n(C)c(=O)n2C(C)CCC(=O)NC=O. The summed E-state index contributed by atoms with van der Waals surface area (Å²) in [6.07, 6.45) is 1.07. The first kappa shape index (κ1) is 17.0. The van der Waals surface area contributed by atoms with Crippen molar-refractivity contribution >= 4 is 23.4 Å². The number of hydrogen-bond donors (Lipinski definition) is 1. The van der Waals surface area contributed by atoms with E-state index in [0.717, 1.165) is 11.0 Å². The molecule has 1 aromatic heterocycles. The molecule has 0 radical (unpaired) electrons. The van der Waals surface area contributed by atoms with Crippen molar-refractivity contribution < 1.29 is 9.59 Å². The molecule has 0 aliphatic heterocycles. The normalized spacial score (nSPS) is 12.6. The van der Waals surface area contributed by atoms with E-state index < -0.39 is 0 Å². The van der Waals surface area contributed by atoms with Crippen molar-refractivity contribution in [2.75, 3.05) is 0 Å². The van der Waals surface area contributed by atoms with E-state index in [9.17, 15) is 14.4 Å². The molecule has 1 atom stereocenters. The van der Waals surface area contributed by atoms with Crippen LogP contribution in [0.25, 0.3) is 11.0 Å². The van der Waals surface area contributed by atoms with Gasteiger partial charge in [-0.1, -0.05) is 19.9 Å². The number of imide groups is 1. The van der Waals surface area contributed by atoms with Gasteiger partial charge in [-0.05, 0) is 37.0 Å². The number of aryl methyl sites for hydroxylation is 1. The van der Waals surface area contributed by atoms with Crippen LogP contribution in [0.2, 0.25) is 0 Å². The van der Waals surface area contributed by atoms with E-state index in [1.165, 1.54) is 5.56 Å². The van der Waals surface area contributed by atoms with Crippen LogP contribution in [0.5, 0.6) is 0 Å². The summed E-state index contributed by atoms with van der Waals surface area (Å²) in [6.45, 7) is 6.14. The summed E-state index contributed by atoms with van der Waals surface area (Å²) in [5, 5.41) is 2.12. The third-order valence-corrected chi connectivity index (χ3v) is 4.23. The van der Waals surface area contributed by atoms with Gasteiger partial charge in [0, 0.05) is 19.5 Å². The molecule has 0 saturated carbocycles. The molecule has 2 aromatic rings. The van der Waals surface area contributed by atoms with Crippen LogP contribution in [0.1, 0.15) is 51.1 Å². The third kappa shape index (κ3) is 3.36. The number of carbonyl (C=O) groups excluding carboxylic acids is 2. The smallest absolute Gasteiger partial charge is 0.299 e. The number of imidazole rings is 1. The van der Waals surface area contributed by atoms with E-state index in [4.69, 9.17) is 0 Å². The molecule has 124 valence electrons. The summed E-state index contributed by atoms with van der Waals surface area (Å²) in [7, 11) is 1.76. The van der Waals surface area contributed by atoms with Crippen molar-refractivity contribution in [3.05, 3.63) is 34.2 Å². The number of amides is 2. The van der Waals surface area contributed by atoms with Gasteiger partial charge in [0.15, 0.2) is 0 Å². The molecule has 0 fully saturated rings. The Balaban J connectivity index is 2.37. The Kier molecular flexibility index (Phi) is 5.03. The van der Waals surface area contributed by atoms with Crippen molar-refractivity contribution in [3.8, 4) is 0 Å². The van der Waals surface area contributed by atoms with Gasteiger partial charge in [-0.25, -0.2) is 4.79 Å². The molecule has 0 bridgehead atoms. The fraction of sp³-hybridized carbons (Fsp3) is 0.471. The highest BCUT2D eigenvalue weighted by Gasteiger charge is 2.17. The maximum atomic E-state index is 12.6. The van der Waals surface area contributed by atoms with Crippen LogP contribution < -0.4 is 11.0 Å². The highest BCUT2D eigenvalue weighted by atomic mass is 16.2. The first-order chi connectivity index (χ1) is 10.9. The zero-order valence-electron chi connectivity index (χ0n) is 14.0. The van der Waals surface area contributed by atoms with Crippen molar-refractivity contribution in [1.82, 2.24) is 14.5 Å². The number of nitrogens with one attached hydrogen (secondary N) is 1. The zero-order valence-corrected chi connectivity index (χ0v) is 14.0. The molecule has 1 heterocycles. The Morgan fingerprint density at radius 1 is 1.26 bits per heavy atom. The lowest BCUT2D eigenvalue weighted by molar-refractivity contribution is -0.125. The predicted molar refractivity (Wildman–Crippen MR) is 89.4 cm³/mol. The topological polar surface area (TPSA) is 73.1 Å². The van der Waals surface area contributed by atoms with E-state index in [2.05, 4.69) is 19.2 Å². The van der Waals surface area contributed by atoms with Gasteiger partial charge in [0.2, 0.25) is 12.3 Å². The Morgan fingerprint density at radius 2 is 1.96 bits per heavy atom. The number of fused-ring (bicyclic) bond motifs is 1. The monoisotopic (exact) mass is 317 g/mol. The molecule has 1 aromatic carbocycles. The van der Waals surface area contributed by atoms with E-state index >= 15 is 0 Å². The van der Waals surface area contributed by atoms with Crippen LogP contribution in [0.3, 0.4) is 0 Å². The quantitative estimate of drug-likeness (QED) is 0.829. The number of nitrogens with zero attached hydrogens (tertiary/aromatic N) is 2. The molecular weight excluding hydrogens is 294 g/mol. The van der Waals surface area contributed by atoms with E-state index in [-0.39, 0.29) is 24.1 Å². The van der Waals surface area contributed by atoms with E-state index in [1.807, 2.05) is 25.1 Å². The van der Waals surface area contributed by atoms with Crippen molar-refractivity contribution in [3.63, 3.8) is 0 Å². The maximum Gasteiger partial charge on any atom is 0.329 e. The highest BCUT2D eigenvalue weighted by molar-refractivity contribution is 5.85. The van der Waals surface area contributed by atoms with Crippen LogP contribution in [-0.2, 0) is 16.6 Å². The Hall–Kier alpha value is -2.37. The summed E-state index contributed by atoms with van der Waals surface area (Å²) in [4.78, 5) is 34.2. The summed E-state index contributed by atoms with van der Waals surface area (Å²) in [5.41, 5.74) is 2.85. The second-order valence-corrected chi connectivity index (χ2v) is 6.19. The lowest BCUT2D eigenvalue weighted by atomic mass is 10.0. The number of carbonyl (C=O) groups is 2. The highest BCUT2D eigenvalue weighted by Crippen LogP contribution is 2.23. The Morgan fingerprint density at radius 3 is 2.57 bits per heavy atom. The fourth-order valence-corrected chi connectivity index (χ4v) is 2.77. The average molecular weight is 317 g/mol. The fourth-order valence-electron chi connectivity index (χ4n) is 2.77. The average Bonchev–Trinajstić information content (AvgIpc) is 2.76. The van der Waals surface area contributed by atoms with Crippen molar-refractivity contribution in [2.45, 2.75) is 45.6 Å². The van der Waals surface area contributed by atoms with Gasteiger partial charge in [0.25, 0.3) is 0 Å². The van der Waals surface area contributed by atoms with Crippen molar-refractivity contribution in [1.29, 1.82) is 0 Å². The van der Waals surface area contributed by atoms with Gasteiger partial charge < -0.3 is 0 Å². The van der Waals surface area contributed by atoms with Gasteiger partial charge >= 0.3 is 5.69 Å². The molecule has 0 spiro atoms. The molecule has 1 unspecified atom stereocenters. The summed E-state index contributed by atoms with van der Waals surface area (Å²) >= 11 is 0. The van der Waals surface area contributed by atoms with Crippen LogP contribution in [0.15, 0.2) is 23.0 Å². The molecule has 0 aliphatic rings.